The lowest BCUT2D eigenvalue weighted by Gasteiger charge is -2.17. The molecule has 2 heteroatoms. The van der Waals surface area contributed by atoms with Crippen molar-refractivity contribution in [3.05, 3.63) is 65.2 Å². The first-order valence-corrected chi connectivity index (χ1v) is 8.23. The van der Waals surface area contributed by atoms with Crippen molar-refractivity contribution in [2.45, 2.75) is 37.3 Å². The van der Waals surface area contributed by atoms with Crippen molar-refractivity contribution < 1.29 is 4.79 Å². The molecule has 0 spiro atoms. The monoisotopic (exact) mass is 310 g/mol. The number of benzene rings is 2. The van der Waals surface area contributed by atoms with Gasteiger partial charge in [0, 0.05) is 15.2 Å². The SMILES string of the molecule is CC(=O)c1ccc(/C=C/c2ccc(SC(C)(C)C)cc2)cc1. The van der Waals surface area contributed by atoms with E-state index in [1.807, 2.05) is 36.0 Å². The average Bonchev–Trinajstić information content (AvgIpc) is 2.45. The highest BCUT2D eigenvalue weighted by Gasteiger charge is 2.11. The molecule has 0 saturated carbocycles. The topological polar surface area (TPSA) is 17.1 Å². The quantitative estimate of drug-likeness (QED) is 0.394. The molecule has 0 bridgehead atoms. The predicted octanol–water partition coefficient (Wildman–Crippen LogP) is 5.95. The number of ketones is 1. The Labute approximate surface area is 137 Å². The smallest absolute Gasteiger partial charge is 0.159 e. The van der Waals surface area contributed by atoms with Gasteiger partial charge in [0.05, 0.1) is 0 Å². The van der Waals surface area contributed by atoms with Gasteiger partial charge in [0.15, 0.2) is 5.78 Å². The number of thioether (sulfide) groups is 1. The summed E-state index contributed by atoms with van der Waals surface area (Å²) in [5.74, 6) is 0.0995. The van der Waals surface area contributed by atoms with E-state index in [0.717, 1.165) is 11.1 Å². The van der Waals surface area contributed by atoms with Gasteiger partial charge in [-0.25, -0.2) is 0 Å². The molecule has 0 atom stereocenters. The van der Waals surface area contributed by atoms with Crippen molar-refractivity contribution in [2.24, 2.45) is 0 Å². The highest BCUT2D eigenvalue weighted by Crippen LogP contribution is 2.31. The van der Waals surface area contributed by atoms with Crippen molar-refractivity contribution in [1.82, 2.24) is 0 Å². The Kier molecular flexibility index (Phi) is 5.25. The van der Waals surface area contributed by atoms with Gasteiger partial charge in [-0.3, -0.25) is 4.79 Å². The summed E-state index contributed by atoms with van der Waals surface area (Å²) >= 11 is 1.87. The van der Waals surface area contributed by atoms with Gasteiger partial charge in [-0.2, -0.15) is 0 Å². The first-order valence-electron chi connectivity index (χ1n) is 7.42. The number of carbonyl (C=O) groups is 1. The molecule has 1 nitrogen and oxygen atoms in total. The number of rotatable bonds is 4. The summed E-state index contributed by atoms with van der Waals surface area (Å²) < 4.78 is 0.232. The van der Waals surface area contributed by atoms with Crippen LogP contribution in [0.1, 0.15) is 49.2 Å². The molecule has 0 aromatic heterocycles. The van der Waals surface area contributed by atoms with Gasteiger partial charge in [-0.05, 0) is 30.2 Å². The molecule has 0 radical (unpaired) electrons. The molecule has 2 aromatic rings. The van der Waals surface area contributed by atoms with E-state index in [2.05, 4.69) is 57.2 Å². The zero-order valence-corrected chi connectivity index (χ0v) is 14.4. The molecule has 22 heavy (non-hydrogen) atoms. The zero-order valence-electron chi connectivity index (χ0n) is 13.6. The van der Waals surface area contributed by atoms with E-state index in [-0.39, 0.29) is 10.5 Å². The van der Waals surface area contributed by atoms with E-state index in [1.165, 1.54) is 10.5 Å². The third-order valence-corrected chi connectivity index (χ3v) is 4.21. The van der Waals surface area contributed by atoms with Crippen LogP contribution < -0.4 is 0 Å². The van der Waals surface area contributed by atoms with Crippen LogP contribution >= 0.6 is 11.8 Å². The molecule has 0 aliphatic carbocycles. The second-order valence-corrected chi connectivity index (χ2v) is 8.20. The number of carbonyl (C=O) groups excluding carboxylic acids is 1. The van der Waals surface area contributed by atoms with E-state index in [4.69, 9.17) is 0 Å². The normalized spacial score (nSPS) is 11.8. The van der Waals surface area contributed by atoms with Gasteiger partial charge in [-0.1, -0.05) is 69.3 Å². The van der Waals surface area contributed by atoms with Crippen LogP contribution in [-0.4, -0.2) is 10.5 Å². The molecule has 114 valence electrons. The van der Waals surface area contributed by atoms with Gasteiger partial charge in [0.1, 0.15) is 0 Å². The summed E-state index contributed by atoms with van der Waals surface area (Å²) in [6.07, 6.45) is 4.16. The van der Waals surface area contributed by atoms with Crippen molar-refractivity contribution in [2.75, 3.05) is 0 Å². The largest absolute Gasteiger partial charge is 0.295 e. The Morgan fingerprint density at radius 3 is 1.73 bits per heavy atom. The lowest BCUT2D eigenvalue weighted by atomic mass is 10.1. The first-order chi connectivity index (χ1) is 10.3. The van der Waals surface area contributed by atoms with Crippen LogP contribution in [-0.2, 0) is 0 Å². The van der Waals surface area contributed by atoms with E-state index in [0.29, 0.717) is 0 Å². The maximum atomic E-state index is 11.2. The Balaban J connectivity index is 2.05. The fourth-order valence-corrected chi connectivity index (χ4v) is 3.00. The minimum absolute atomic E-state index is 0.0995. The minimum atomic E-state index is 0.0995. The van der Waals surface area contributed by atoms with Crippen LogP contribution in [0.2, 0.25) is 0 Å². The summed E-state index contributed by atoms with van der Waals surface area (Å²) in [5, 5.41) is 0. The van der Waals surface area contributed by atoms with Crippen molar-refractivity contribution in [3.8, 4) is 0 Å². The van der Waals surface area contributed by atoms with Crippen molar-refractivity contribution >= 4 is 29.7 Å². The van der Waals surface area contributed by atoms with Crippen LogP contribution in [0, 0.1) is 0 Å². The lowest BCUT2D eigenvalue weighted by molar-refractivity contribution is 0.101. The fraction of sp³-hybridized carbons (Fsp3) is 0.250. The fourth-order valence-electron chi connectivity index (χ4n) is 2.02. The molecular weight excluding hydrogens is 288 g/mol. The van der Waals surface area contributed by atoms with Crippen molar-refractivity contribution in [1.29, 1.82) is 0 Å². The third kappa shape index (κ3) is 5.19. The third-order valence-electron chi connectivity index (χ3n) is 3.09. The molecule has 2 aromatic carbocycles. The summed E-state index contributed by atoms with van der Waals surface area (Å²) in [4.78, 5) is 12.5. The summed E-state index contributed by atoms with van der Waals surface area (Å²) in [5.41, 5.74) is 3.02. The number of Topliss-reactive ketones (excluding diaryl/α,β-unsaturated/α-hetero) is 1. The van der Waals surface area contributed by atoms with E-state index in [1.54, 1.807) is 6.92 Å². The van der Waals surface area contributed by atoms with E-state index < -0.39 is 0 Å². The number of hydrogen-bond donors (Lipinski definition) is 0. The lowest BCUT2D eigenvalue weighted by Crippen LogP contribution is -2.06. The van der Waals surface area contributed by atoms with E-state index >= 15 is 0 Å². The second-order valence-electron chi connectivity index (χ2n) is 6.29. The standard InChI is InChI=1S/C20H22OS/c1-15(21)18-11-7-16(8-12-18)5-6-17-9-13-19(14-10-17)22-20(2,3)4/h5-14H,1-4H3/b6-5+. The predicted molar refractivity (Wildman–Crippen MR) is 97.4 cm³/mol. The molecule has 0 N–H and O–H groups in total. The Hall–Kier alpha value is -1.80. The van der Waals surface area contributed by atoms with Crippen LogP contribution in [0.25, 0.3) is 12.2 Å². The number of hydrogen-bond acceptors (Lipinski definition) is 2. The van der Waals surface area contributed by atoms with Gasteiger partial charge >= 0.3 is 0 Å². The molecule has 0 heterocycles. The van der Waals surface area contributed by atoms with Gasteiger partial charge in [-0.15, -0.1) is 11.8 Å². The van der Waals surface area contributed by atoms with Gasteiger partial charge in [0.25, 0.3) is 0 Å². The molecule has 0 aliphatic heterocycles. The molecule has 0 amide bonds. The zero-order chi connectivity index (χ0) is 16.2. The molecule has 0 saturated heterocycles. The highest BCUT2D eigenvalue weighted by atomic mass is 32.2. The molecular formula is C20H22OS. The second kappa shape index (κ2) is 6.97. The Bertz CT molecular complexity index is 658. The molecule has 0 unspecified atom stereocenters. The van der Waals surface area contributed by atoms with E-state index in [9.17, 15) is 4.79 Å². The summed E-state index contributed by atoms with van der Waals surface area (Å²) in [6.45, 7) is 8.24. The average molecular weight is 310 g/mol. The maximum Gasteiger partial charge on any atom is 0.159 e. The molecule has 0 aliphatic rings. The minimum Gasteiger partial charge on any atom is -0.295 e. The van der Waals surface area contributed by atoms with Crippen molar-refractivity contribution in [3.63, 3.8) is 0 Å². The van der Waals surface area contributed by atoms with Crippen LogP contribution in [0.15, 0.2) is 53.4 Å². The highest BCUT2D eigenvalue weighted by molar-refractivity contribution is 8.00. The van der Waals surface area contributed by atoms with Crippen LogP contribution in [0.3, 0.4) is 0 Å². The van der Waals surface area contributed by atoms with Gasteiger partial charge < -0.3 is 0 Å². The Morgan fingerprint density at radius 1 is 0.864 bits per heavy atom. The first kappa shape index (κ1) is 16.6. The summed E-state index contributed by atoms with van der Waals surface area (Å²) in [7, 11) is 0. The van der Waals surface area contributed by atoms with Crippen LogP contribution in [0.5, 0.6) is 0 Å². The Morgan fingerprint density at radius 2 is 1.32 bits per heavy atom. The molecule has 0 fully saturated rings. The van der Waals surface area contributed by atoms with Gasteiger partial charge in [0.2, 0.25) is 0 Å². The van der Waals surface area contributed by atoms with Crippen LogP contribution in [0.4, 0.5) is 0 Å². The maximum absolute atomic E-state index is 11.2. The molecule has 2 rings (SSSR count). The summed E-state index contributed by atoms with van der Waals surface area (Å²) in [6, 6.07) is 16.3.